The molecule has 2 nitrogen and oxygen atoms in total. The number of hydrogen-bond acceptors (Lipinski definition) is 2. The molecule has 0 aliphatic heterocycles. The SMILES string of the molecule is CCOC(=O)Cc1ccc(Cl)c(C(F)(F)F)c1F. The fourth-order valence-corrected chi connectivity index (χ4v) is 1.61. The van der Waals surface area contributed by atoms with Gasteiger partial charge in [-0.1, -0.05) is 17.7 Å². The topological polar surface area (TPSA) is 26.3 Å². The maximum absolute atomic E-state index is 13.6. The van der Waals surface area contributed by atoms with Gasteiger partial charge in [0.05, 0.1) is 18.1 Å². The Morgan fingerprint density at radius 2 is 2.00 bits per heavy atom. The summed E-state index contributed by atoms with van der Waals surface area (Å²) >= 11 is 5.31. The minimum absolute atomic E-state index is 0.0696. The second kappa shape index (κ2) is 5.56. The average molecular weight is 285 g/mol. The van der Waals surface area contributed by atoms with Crippen LogP contribution in [0.2, 0.25) is 5.02 Å². The Morgan fingerprint density at radius 1 is 1.39 bits per heavy atom. The third-order valence-electron chi connectivity index (χ3n) is 2.09. The lowest BCUT2D eigenvalue weighted by Crippen LogP contribution is -2.14. The zero-order valence-electron chi connectivity index (χ0n) is 9.28. The summed E-state index contributed by atoms with van der Waals surface area (Å²) in [6.45, 7) is 1.61. The minimum Gasteiger partial charge on any atom is -0.466 e. The van der Waals surface area contributed by atoms with E-state index in [1.807, 2.05) is 0 Å². The lowest BCUT2D eigenvalue weighted by Gasteiger charge is -2.12. The highest BCUT2D eigenvalue weighted by atomic mass is 35.5. The Hall–Kier alpha value is -1.30. The first-order valence-corrected chi connectivity index (χ1v) is 5.34. The van der Waals surface area contributed by atoms with Crippen LogP contribution in [0.1, 0.15) is 18.1 Å². The first-order chi connectivity index (χ1) is 8.27. The van der Waals surface area contributed by atoms with Gasteiger partial charge in [-0.3, -0.25) is 4.79 Å². The maximum atomic E-state index is 13.6. The number of rotatable bonds is 3. The summed E-state index contributed by atoms with van der Waals surface area (Å²) < 4.78 is 55.8. The van der Waals surface area contributed by atoms with E-state index in [0.717, 1.165) is 12.1 Å². The molecule has 0 N–H and O–H groups in total. The van der Waals surface area contributed by atoms with Gasteiger partial charge in [-0.15, -0.1) is 0 Å². The van der Waals surface area contributed by atoms with E-state index in [-0.39, 0.29) is 6.61 Å². The molecule has 0 heterocycles. The highest BCUT2D eigenvalue weighted by Gasteiger charge is 2.37. The van der Waals surface area contributed by atoms with Crippen molar-refractivity contribution >= 4 is 17.6 Å². The van der Waals surface area contributed by atoms with Crippen molar-refractivity contribution in [3.05, 3.63) is 34.1 Å². The number of alkyl halides is 3. The molecule has 7 heteroatoms. The monoisotopic (exact) mass is 284 g/mol. The van der Waals surface area contributed by atoms with E-state index in [1.54, 1.807) is 0 Å². The molecular weight excluding hydrogens is 276 g/mol. The lowest BCUT2D eigenvalue weighted by molar-refractivity contribution is -0.143. The molecule has 0 amide bonds. The fraction of sp³-hybridized carbons (Fsp3) is 0.364. The zero-order chi connectivity index (χ0) is 13.9. The van der Waals surface area contributed by atoms with Crippen LogP contribution in [-0.4, -0.2) is 12.6 Å². The van der Waals surface area contributed by atoms with E-state index in [2.05, 4.69) is 4.74 Å². The highest BCUT2D eigenvalue weighted by molar-refractivity contribution is 6.31. The Kier molecular flexibility index (Phi) is 4.56. The van der Waals surface area contributed by atoms with Gasteiger partial charge < -0.3 is 4.74 Å². The van der Waals surface area contributed by atoms with E-state index >= 15 is 0 Å². The van der Waals surface area contributed by atoms with Crippen molar-refractivity contribution in [1.29, 1.82) is 0 Å². The van der Waals surface area contributed by atoms with E-state index in [0.29, 0.717) is 0 Å². The third kappa shape index (κ3) is 3.35. The summed E-state index contributed by atoms with van der Waals surface area (Å²) in [4.78, 5) is 11.1. The van der Waals surface area contributed by atoms with Crippen molar-refractivity contribution in [3.63, 3.8) is 0 Å². The van der Waals surface area contributed by atoms with Crippen LogP contribution in [0, 0.1) is 5.82 Å². The highest BCUT2D eigenvalue weighted by Crippen LogP contribution is 2.37. The number of carbonyl (C=O) groups excluding carboxylic acids is 1. The number of esters is 1. The second-order valence-electron chi connectivity index (χ2n) is 3.38. The van der Waals surface area contributed by atoms with Gasteiger partial charge in [-0.05, 0) is 18.6 Å². The van der Waals surface area contributed by atoms with Crippen molar-refractivity contribution in [2.75, 3.05) is 6.61 Å². The summed E-state index contributed by atoms with van der Waals surface area (Å²) in [5, 5.41) is -0.743. The van der Waals surface area contributed by atoms with Gasteiger partial charge in [0.1, 0.15) is 11.4 Å². The van der Waals surface area contributed by atoms with Gasteiger partial charge >= 0.3 is 12.1 Å². The minimum atomic E-state index is -4.91. The van der Waals surface area contributed by atoms with Crippen LogP contribution in [0.15, 0.2) is 12.1 Å². The standard InChI is InChI=1S/C11H9ClF4O2/c1-2-18-8(17)5-6-3-4-7(12)9(10(6)13)11(14,15)16/h3-4H,2,5H2,1H3. The summed E-state index contributed by atoms with van der Waals surface area (Å²) in [6.07, 6.45) is -5.48. The Bertz CT molecular complexity index is 457. The molecule has 1 rings (SSSR count). The average Bonchev–Trinajstić information content (AvgIpc) is 2.21. The van der Waals surface area contributed by atoms with Crippen molar-refractivity contribution < 1.29 is 27.1 Å². The van der Waals surface area contributed by atoms with E-state index in [9.17, 15) is 22.4 Å². The predicted molar refractivity (Wildman–Crippen MR) is 56.7 cm³/mol. The van der Waals surface area contributed by atoms with Gasteiger partial charge in [0.2, 0.25) is 0 Å². The van der Waals surface area contributed by atoms with Crippen LogP contribution < -0.4 is 0 Å². The Morgan fingerprint density at radius 3 is 2.50 bits per heavy atom. The lowest BCUT2D eigenvalue weighted by atomic mass is 10.1. The molecule has 1 aromatic rings. The molecule has 0 saturated heterocycles. The van der Waals surface area contributed by atoms with Gasteiger partial charge in [-0.25, -0.2) is 4.39 Å². The number of carbonyl (C=O) groups is 1. The summed E-state index contributed by atoms with van der Waals surface area (Å²) in [5.74, 6) is -2.34. The van der Waals surface area contributed by atoms with Crippen LogP contribution in [-0.2, 0) is 22.1 Å². The fourth-order valence-electron chi connectivity index (χ4n) is 1.36. The van der Waals surface area contributed by atoms with Crippen LogP contribution in [0.3, 0.4) is 0 Å². The molecule has 0 fully saturated rings. The molecule has 100 valence electrons. The molecule has 18 heavy (non-hydrogen) atoms. The van der Waals surface area contributed by atoms with E-state index in [1.165, 1.54) is 6.92 Å². The van der Waals surface area contributed by atoms with Gasteiger partial charge in [0.15, 0.2) is 0 Å². The molecule has 0 aromatic heterocycles. The van der Waals surface area contributed by atoms with Crippen LogP contribution in [0.5, 0.6) is 0 Å². The molecule has 0 aliphatic carbocycles. The van der Waals surface area contributed by atoms with Crippen molar-refractivity contribution in [1.82, 2.24) is 0 Å². The predicted octanol–water partition coefficient (Wildman–Crippen LogP) is 3.60. The molecule has 0 unspecified atom stereocenters. The first kappa shape index (κ1) is 14.8. The van der Waals surface area contributed by atoms with Gasteiger partial charge in [-0.2, -0.15) is 13.2 Å². The van der Waals surface area contributed by atoms with Crippen molar-refractivity contribution in [3.8, 4) is 0 Å². The Labute approximate surface area is 105 Å². The molecule has 0 aliphatic rings. The molecular formula is C11H9ClF4O2. The van der Waals surface area contributed by atoms with Gasteiger partial charge in [0.25, 0.3) is 0 Å². The molecule has 0 atom stereocenters. The maximum Gasteiger partial charge on any atom is 0.420 e. The van der Waals surface area contributed by atoms with E-state index in [4.69, 9.17) is 11.6 Å². The number of ether oxygens (including phenoxy) is 1. The van der Waals surface area contributed by atoms with Crippen LogP contribution in [0.25, 0.3) is 0 Å². The van der Waals surface area contributed by atoms with Crippen molar-refractivity contribution in [2.24, 2.45) is 0 Å². The number of halogens is 5. The van der Waals surface area contributed by atoms with Gasteiger partial charge in [0, 0.05) is 0 Å². The Balaban J connectivity index is 3.13. The van der Waals surface area contributed by atoms with Crippen molar-refractivity contribution in [2.45, 2.75) is 19.5 Å². The smallest absolute Gasteiger partial charge is 0.420 e. The summed E-state index contributed by atoms with van der Waals surface area (Å²) in [6, 6.07) is 1.94. The summed E-state index contributed by atoms with van der Waals surface area (Å²) in [7, 11) is 0. The molecule has 0 bridgehead atoms. The largest absolute Gasteiger partial charge is 0.466 e. The van der Waals surface area contributed by atoms with Crippen LogP contribution >= 0.6 is 11.6 Å². The molecule has 0 radical (unpaired) electrons. The van der Waals surface area contributed by atoms with Crippen LogP contribution in [0.4, 0.5) is 17.6 Å². The van der Waals surface area contributed by atoms with E-state index < -0.39 is 40.5 Å². The normalized spacial score (nSPS) is 11.4. The molecule has 0 spiro atoms. The first-order valence-electron chi connectivity index (χ1n) is 4.97. The number of hydrogen-bond donors (Lipinski definition) is 0. The summed E-state index contributed by atoms with van der Waals surface area (Å²) in [5.41, 5.74) is -1.96. The zero-order valence-corrected chi connectivity index (χ0v) is 10.0. The third-order valence-corrected chi connectivity index (χ3v) is 2.41. The second-order valence-corrected chi connectivity index (χ2v) is 3.78. The number of benzene rings is 1. The molecule has 0 saturated carbocycles. The molecule has 1 aromatic carbocycles. The quantitative estimate of drug-likeness (QED) is 0.626.